The topological polar surface area (TPSA) is 34.1 Å². The summed E-state index contributed by atoms with van der Waals surface area (Å²) in [6.45, 7) is 3.62. The van der Waals surface area contributed by atoms with Crippen LogP contribution in [0.4, 0.5) is 0 Å². The number of carbonyl (C=O) groups excluding carboxylic acids is 2. The fourth-order valence-electron chi connectivity index (χ4n) is 3.89. The van der Waals surface area contributed by atoms with Crippen molar-refractivity contribution in [1.82, 2.24) is 0 Å². The fraction of sp³-hybridized carbons (Fsp3) is 0.440. The molecule has 1 atom stereocenters. The van der Waals surface area contributed by atoms with Crippen LogP contribution in [-0.2, 0) is 4.79 Å². The molecular formula is C25H30O2S. The smallest absolute Gasteiger partial charge is 0.164 e. The highest BCUT2D eigenvalue weighted by Gasteiger charge is 2.21. The van der Waals surface area contributed by atoms with Crippen LogP contribution < -0.4 is 0 Å². The number of hydrogen-bond donors (Lipinski definition) is 0. The molecule has 0 saturated heterocycles. The molecule has 0 amide bonds. The first-order valence-corrected chi connectivity index (χ1v) is 11.3. The van der Waals surface area contributed by atoms with E-state index < -0.39 is 0 Å². The summed E-state index contributed by atoms with van der Waals surface area (Å²) >= 11 is 1.49. The van der Waals surface area contributed by atoms with Gasteiger partial charge in [0, 0.05) is 16.9 Å². The minimum absolute atomic E-state index is 0.0484. The second kappa shape index (κ2) is 10.1. The molecule has 1 saturated carbocycles. The van der Waals surface area contributed by atoms with Crippen LogP contribution in [-0.4, -0.2) is 16.8 Å². The van der Waals surface area contributed by atoms with Gasteiger partial charge in [0.2, 0.25) is 0 Å². The Morgan fingerprint density at radius 1 is 0.929 bits per heavy atom. The van der Waals surface area contributed by atoms with Gasteiger partial charge in [-0.3, -0.25) is 9.59 Å². The summed E-state index contributed by atoms with van der Waals surface area (Å²) in [6, 6.07) is 16.3. The van der Waals surface area contributed by atoms with Gasteiger partial charge < -0.3 is 0 Å². The molecule has 0 bridgehead atoms. The lowest BCUT2D eigenvalue weighted by atomic mass is 9.90. The average molecular weight is 395 g/mol. The van der Waals surface area contributed by atoms with Gasteiger partial charge in [-0.15, -0.1) is 11.8 Å². The molecule has 0 aromatic heterocycles. The molecule has 1 aliphatic carbocycles. The molecule has 2 nitrogen and oxygen atoms in total. The molecule has 1 fully saturated rings. The molecule has 0 N–H and O–H groups in total. The second-order valence-corrected chi connectivity index (χ2v) is 9.24. The molecule has 1 unspecified atom stereocenters. The molecule has 0 heterocycles. The predicted molar refractivity (Wildman–Crippen MR) is 117 cm³/mol. The highest BCUT2D eigenvalue weighted by molar-refractivity contribution is 8.00. The minimum Gasteiger partial charge on any atom is -0.299 e. The second-order valence-electron chi connectivity index (χ2n) is 7.97. The summed E-state index contributed by atoms with van der Waals surface area (Å²) in [7, 11) is 0. The van der Waals surface area contributed by atoms with Crippen LogP contribution in [0.5, 0.6) is 0 Å². The zero-order valence-electron chi connectivity index (χ0n) is 16.9. The van der Waals surface area contributed by atoms with Gasteiger partial charge in [-0.2, -0.15) is 0 Å². The maximum Gasteiger partial charge on any atom is 0.164 e. The van der Waals surface area contributed by atoms with Gasteiger partial charge in [0.1, 0.15) is 5.78 Å². The Labute approximate surface area is 173 Å². The highest BCUT2D eigenvalue weighted by atomic mass is 32.2. The van der Waals surface area contributed by atoms with Crippen molar-refractivity contribution in [3.63, 3.8) is 0 Å². The molecule has 2 aromatic carbocycles. The summed E-state index contributed by atoms with van der Waals surface area (Å²) < 4.78 is 0. The summed E-state index contributed by atoms with van der Waals surface area (Å²) in [4.78, 5) is 25.9. The quantitative estimate of drug-likeness (QED) is 0.296. The first kappa shape index (κ1) is 20.9. The number of thioether (sulfide) groups is 1. The van der Waals surface area contributed by atoms with Crippen LogP contribution in [0.15, 0.2) is 53.4 Å². The maximum absolute atomic E-state index is 12.8. The van der Waals surface area contributed by atoms with Crippen molar-refractivity contribution < 1.29 is 9.59 Å². The van der Waals surface area contributed by atoms with Crippen LogP contribution >= 0.6 is 11.8 Å². The van der Waals surface area contributed by atoms with Crippen molar-refractivity contribution in [3.8, 4) is 0 Å². The van der Waals surface area contributed by atoms with E-state index in [1.165, 1.54) is 61.4 Å². The Morgan fingerprint density at radius 2 is 1.54 bits per heavy atom. The van der Waals surface area contributed by atoms with Crippen LogP contribution in [0.2, 0.25) is 0 Å². The highest BCUT2D eigenvalue weighted by Crippen LogP contribution is 2.32. The van der Waals surface area contributed by atoms with Crippen molar-refractivity contribution in [2.45, 2.75) is 74.9 Å². The Bertz CT molecular complexity index is 784. The first-order chi connectivity index (χ1) is 13.5. The number of benzene rings is 2. The Morgan fingerprint density at radius 3 is 2.11 bits per heavy atom. The third kappa shape index (κ3) is 5.81. The van der Waals surface area contributed by atoms with Crippen LogP contribution in [0.3, 0.4) is 0 Å². The number of hydrogen-bond acceptors (Lipinski definition) is 3. The van der Waals surface area contributed by atoms with Gasteiger partial charge in [0.05, 0.1) is 5.25 Å². The molecule has 0 spiro atoms. The van der Waals surface area contributed by atoms with Crippen molar-refractivity contribution in [2.75, 3.05) is 0 Å². The lowest BCUT2D eigenvalue weighted by molar-refractivity contribution is -0.116. The predicted octanol–water partition coefficient (Wildman–Crippen LogP) is 6.76. The van der Waals surface area contributed by atoms with Crippen molar-refractivity contribution in [2.24, 2.45) is 0 Å². The molecule has 1 aliphatic rings. The normalized spacial score (nSPS) is 16.4. The van der Waals surface area contributed by atoms with E-state index in [1.807, 2.05) is 43.3 Å². The zero-order chi connectivity index (χ0) is 19.9. The van der Waals surface area contributed by atoms with Crippen molar-refractivity contribution >= 4 is 23.3 Å². The van der Waals surface area contributed by atoms with E-state index in [1.54, 1.807) is 6.92 Å². The largest absolute Gasteiger partial charge is 0.299 e. The molecule has 0 aliphatic heterocycles. The molecule has 148 valence electrons. The Kier molecular flexibility index (Phi) is 7.50. The first-order valence-electron chi connectivity index (χ1n) is 10.4. The van der Waals surface area contributed by atoms with E-state index in [4.69, 9.17) is 0 Å². The number of rotatable bonds is 7. The summed E-state index contributed by atoms with van der Waals surface area (Å²) in [6.07, 6.45) is 8.07. The van der Waals surface area contributed by atoms with E-state index in [0.717, 1.165) is 4.90 Å². The summed E-state index contributed by atoms with van der Waals surface area (Å²) in [5, 5.41) is -0.336. The maximum atomic E-state index is 12.8. The standard InChI is InChI=1S/C25H30O2S/c1-18-9-15-23(16-10-18)28-25(19(2)26)17-24(27)22-13-11-21(12-14-22)20-7-5-3-4-6-8-20/h9-16,20,25H,3-8,17H2,1-2H3. The van der Waals surface area contributed by atoms with Gasteiger partial charge in [-0.1, -0.05) is 67.6 Å². The van der Waals surface area contributed by atoms with Gasteiger partial charge in [0.15, 0.2) is 5.78 Å². The zero-order valence-corrected chi connectivity index (χ0v) is 17.8. The van der Waals surface area contributed by atoms with E-state index in [9.17, 15) is 9.59 Å². The van der Waals surface area contributed by atoms with Gasteiger partial charge in [-0.05, 0) is 50.3 Å². The third-order valence-electron chi connectivity index (χ3n) is 5.68. The number of Topliss-reactive ketones (excluding diaryl/α,β-unsaturated/α-hetero) is 2. The van der Waals surface area contributed by atoms with Crippen LogP contribution in [0, 0.1) is 6.92 Å². The molecular weight excluding hydrogens is 364 g/mol. The van der Waals surface area contributed by atoms with E-state index >= 15 is 0 Å². The fourth-order valence-corrected chi connectivity index (χ4v) is 4.91. The molecule has 3 rings (SSSR count). The summed E-state index contributed by atoms with van der Waals surface area (Å²) in [5.74, 6) is 0.731. The molecule has 2 aromatic rings. The van der Waals surface area contributed by atoms with E-state index in [0.29, 0.717) is 11.5 Å². The number of carbonyl (C=O) groups is 2. The minimum atomic E-state index is -0.336. The van der Waals surface area contributed by atoms with Crippen LogP contribution in [0.1, 0.15) is 79.3 Å². The Balaban J connectivity index is 1.64. The average Bonchev–Trinajstić information content (AvgIpc) is 2.98. The monoisotopic (exact) mass is 394 g/mol. The summed E-state index contributed by atoms with van der Waals surface area (Å²) in [5.41, 5.74) is 3.26. The molecule has 3 heteroatoms. The lowest BCUT2D eigenvalue weighted by Gasteiger charge is -2.16. The SMILES string of the molecule is CC(=O)C(CC(=O)c1ccc(C2CCCCCC2)cc1)Sc1ccc(C)cc1. The van der Waals surface area contributed by atoms with Gasteiger partial charge in [0.25, 0.3) is 0 Å². The van der Waals surface area contributed by atoms with E-state index in [-0.39, 0.29) is 23.2 Å². The lowest BCUT2D eigenvalue weighted by Crippen LogP contribution is -2.18. The Hall–Kier alpha value is -1.87. The molecule has 0 radical (unpaired) electrons. The van der Waals surface area contributed by atoms with Gasteiger partial charge in [-0.25, -0.2) is 0 Å². The van der Waals surface area contributed by atoms with E-state index in [2.05, 4.69) is 12.1 Å². The molecule has 28 heavy (non-hydrogen) atoms. The van der Waals surface area contributed by atoms with Gasteiger partial charge >= 0.3 is 0 Å². The van der Waals surface area contributed by atoms with Crippen molar-refractivity contribution in [1.29, 1.82) is 0 Å². The van der Waals surface area contributed by atoms with Crippen LogP contribution in [0.25, 0.3) is 0 Å². The van der Waals surface area contributed by atoms with Crippen molar-refractivity contribution in [3.05, 3.63) is 65.2 Å². The number of ketones is 2. The number of aryl methyl sites for hydroxylation is 1. The third-order valence-corrected chi connectivity index (χ3v) is 7.01.